The highest BCUT2D eigenvalue weighted by atomic mass is 35.5. The number of hydrogen-bond donors (Lipinski definition) is 2. The quantitative estimate of drug-likeness (QED) is 0.820. The molecular weight excluding hydrogens is 326 g/mol. The van der Waals surface area contributed by atoms with Crippen LogP contribution in [0.2, 0.25) is 0 Å². The van der Waals surface area contributed by atoms with Crippen molar-refractivity contribution < 1.29 is 9.59 Å². The molecule has 2 atom stereocenters. The molecule has 1 heterocycles. The van der Waals surface area contributed by atoms with E-state index in [0.717, 1.165) is 5.56 Å². The van der Waals surface area contributed by atoms with Gasteiger partial charge in [0.25, 0.3) is 0 Å². The fourth-order valence-corrected chi connectivity index (χ4v) is 2.72. The Labute approximate surface area is 150 Å². The van der Waals surface area contributed by atoms with Gasteiger partial charge in [-0.2, -0.15) is 0 Å². The van der Waals surface area contributed by atoms with Crippen molar-refractivity contribution in [2.75, 3.05) is 13.1 Å². The van der Waals surface area contributed by atoms with Crippen LogP contribution in [0.3, 0.4) is 0 Å². The number of nitrogens with one attached hydrogen (secondary N) is 1. The third-order valence-electron chi connectivity index (χ3n) is 4.91. The van der Waals surface area contributed by atoms with Gasteiger partial charge in [-0.3, -0.25) is 9.59 Å². The lowest BCUT2D eigenvalue weighted by Crippen LogP contribution is -2.56. The summed E-state index contributed by atoms with van der Waals surface area (Å²) in [6, 6.07) is 9.84. The van der Waals surface area contributed by atoms with Gasteiger partial charge in [0.05, 0.1) is 11.5 Å². The first-order valence-corrected chi connectivity index (χ1v) is 8.19. The molecular formula is C18H28ClN3O2. The van der Waals surface area contributed by atoms with Gasteiger partial charge in [0, 0.05) is 26.1 Å². The maximum atomic E-state index is 12.5. The molecule has 1 aliphatic rings. The van der Waals surface area contributed by atoms with Crippen molar-refractivity contribution in [2.24, 2.45) is 17.6 Å². The normalized spacial score (nSPS) is 19.8. The summed E-state index contributed by atoms with van der Waals surface area (Å²) >= 11 is 0. The maximum Gasteiger partial charge on any atom is 0.225 e. The van der Waals surface area contributed by atoms with Crippen LogP contribution < -0.4 is 11.1 Å². The van der Waals surface area contributed by atoms with E-state index in [2.05, 4.69) is 5.32 Å². The Morgan fingerprint density at radius 2 is 2.00 bits per heavy atom. The topological polar surface area (TPSA) is 75.4 Å². The molecule has 0 radical (unpaired) electrons. The Balaban J connectivity index is 0.00000288. The van der Waals surface area contributed by atoms with E-state index in [4.69, 9.17) is 5.73 Å². The first-order chi connectivity index (χ1) is 10.9. The smallest absolute Gasteiger partial charge is 0.225 e. The molecule has 0 aromatic heterocycles. The lowest BCUT2D eigenvalue weighted by atomic mass is 9.87. The molecule has 2 rings (SSSR count). The van der Waals surface area contributed by atoms with Gasteiger partial charge in [-0.1, -0.05) is 44.2 Å². The van der Waals surface area contributed by atoms with E-state index >= 15 is 0 Å². The minimum atomic E-state index is -0.438. The Bertz CT molecular complexity index is 565. The van der Waals surface area contributed by atoms with Gasteiger partial charge >= 0.3 is 0 Å². The molecule has 1 aromatic carbocycles. The van der Waals surface area contributed by atoms with Crippen LogP contribution in [0, 0.1) is 11.8 Å². The van der Waals surface area contributed by atoms with E-state index in [1.807, 2.05) is 51.1 Å². The summed E-state index contributed by atoms with van der Waals surface area (Å²) in [7, 11) is 0. The molecule has 134 valence electrons. The van der Waals surface area contributed by atoms with Crippen LogP contribution in [0.25, 0.3) is 0 Å². The number of nitrogens with zero attached hydrogens (tertiary/aromatic N) is 1. The van der Waals surface area contributed by atoms with Crippen LogP contribution in [0.4, 0.5) is 0 Å². The largest absolute Gasteiger partial charge is 0.349 e. The molecule has 1 fully saturated rings. The molecule has 0 aliphatic carbocycles. The number of benzene rings is 1. The van der Waals surface area contributed by atoms with E-state index in [0.29, 0.717) is 19.6 Å². The minimum Gasteiger partial charge on any atom is -0.349 e. The second-order valence-electron chi connectivity index (χ2n) is 6.93. The Kier molecular flexibility index (Phi) is 7.24. The van der Waals surface area contributed by atoms with E-state index in [1.54, 1.807) is 4.90 Å². The molecule has 5 nitrogen and oxygen atoms in total. The first kappa shape index (κ1) is 20.5. The van der Waals surface area contributed by atoms with Crippen molar-refractivity contribution in [3.8, 4) is 0 Å². The summed E-state index contributed by atoms with van der Waals surface area (Å²) in [6.45, 7) is 7.43. The lowest BCUT2D eigenvalue weighted by molar-refractivity contribution is -0.130. The predicted molar refractivity (Wildman–Crippen MR) is 97.7 cm³/mol. The molecule has 1 aromatic rings. The van der Waals surface area contributed by atoms with Crippen LogP contribution in [-0.2, 0) is 16.1 Å². The van der Waals surface area contributed by atoms with Crippen LogP contribution in [-0.4, -0.2) is 35.3 Å². The maximum absolute atomic E-state index is 12.5. The molecule has 0 bridgehead atoms. The number of carbonyl (C=O) groups excluding carboxylic acids is 2. The summed E-state index contributed by atoms with van der Waals surface area (Å²) in [5, 5.41) is 3.05. The number of amides is 2. The van der Waals surface area contributed by atoms with Gasteiger partial charge in [-0.25, -0.2) is 0 Å². The molecule has 24 heavy (non-hydrogen) atoms. The molecule has 6 heteroatoms. The number of likely N-dealkylation sites (tertiary alicyclic amines) is 1. The van der Waals surface area contributed by atoms with Gasteiger partial charge in [-0.05, 0) is 18.4 Å². The highest BCUT2D eigenvalue weighted by molar-refractivity contribution is 5.89. The van der Waals surface area contributed by atoms with E-state index < -0.39 is 5.54 Å². The van der Waals surface area contributed by atoms with Crippen molar-refractivity contribution in [2.45, 2.75) is 39.3 Å². The Morgan fingerprint density at radius 1 is 1.38 bits per heavy atom. The number of carbonyl (C=O) groups is 2. The summed E-state index contributed by atoms with van der Waals surface area (Å²) < 4.78 is 0. The molecule has 0 spiro atoms. The molecule has 1 aliphatic heterocycles. The van der Waals surface area contributed by atoms with Crippen LogP contribution >= 0.6 is 12.4 Å². The number of rotatable bonds is 6. The number of hydrogen-bond acceptors (Lipinski definition) is 3. The van der Waals surface area contributed by atoms with Crippen molar-refractivity contribution in [3.05, 3.63) is 35.9 Å². The predicted octanol–water partition coefficient (Wildman–Crippen LogP) is 1.95. The van der Waals surface area contributed by atoms with Crippen molar-refractivity contribution in [3.63, 3.8) is 0 Å². The second kappa shape index (κ2) is 8.49. The zero-order valence-electron chi connectivity index (χ0n) is 14.6. The van der Waals surface area contributed by atoms with E-state index in [9.17, 15) is 9.59 Å². The van der Waals surface area contributed by atoms with Gasteiger partial charge in [-0.15, -0.1) is 12.4 Å². The minimum absolute atomic E-state index is 0. The van der Waals surface area contributed by atoms with E-state index in [-0.39, 0.29) is 42.5 Å². The Morgan fingerprint density at radius 3 is 2.54 bits per heavy atom. The SMILES string of the molecule is CC(C)C(C)(CN)NC(=O)C1CC(=O)N(Cc2ccccc2)C1.Cl. The van der Waals surface area contributed by atoms with Crippen molar-refractivity contribution >= 4 is 24.2 Å². The lowest BCUT2D eigenvalue weighted by Gasteiger charge is -2.34. The third kappa shape index (κ3) is 4.71. The van der Waals surface area contributed by atoms with Gasteiger partial charge in [0.15, 0.2) is 0 Å². The van der Waals surface area contributed by atoms with Crippen LogP contribution in [0.5, 0.6) is 0 Å². The highest BCUT2D eigenvalue weighted by Gasteiger charge is 2.37. The van der Waals surface area contributed by atoms with Crippen LogP contribution in [0.1, 0.15) is 32.8 Å². The summed E-state index contributed by atoms with van der Waals surface area (Å²) in [5.41, 5.74) is 6.46. The Hall–Kier alpha value is -1.59. The fourth-order valence-electron chi connectivity index (χ4n) is 2.72. The van der Waals surface area contributed by atoms with Crippen LogP contribution in [0.15, 0.2) is 30.3 Å². The fraction of sp³-hybridized carbons (Fsp3) is 0.556. The average molecular weight is 354 g/mol. The summed E-state index contributed by atoms with van der Waals surface area (Å²) in [4.78, 5) is 26.5. The molecule has 1 saturated heterocycles. The summed E-state index contributed by atoms with van der Waals surface area (Å²) in [6.07, 6.45) is 0.275. The second-order valence-corrected chi connectivity index (χ2v) is 6.93. The van der Waals surface area contributed by atoms with Crippen molar-refractivity contribution in [1.29, 1.82) is 0 Å². The molecule has 3 N–H and O–H groups in total. The average Bonchev–Trinajstić information content (AvgIpc) is 2.89. The third-order valence-corrected chi connectivity index (χ3v) is 4.91. The first-order valence-electron chi connectivity index (χ1n) is 8.19. The van der Waals surface area contributed by atoms with Gasteiger partial charge in [0.2, 0.25) is 11.8 Å². The molecule has 0 saturated carbocycles. The zero-order chi connectivity index (χ0) is 17.0. The standard InChI is InChI=1S/C18H27N3O2.ClH/c1-13(2)18(3,12-19)20-17(23)15-9-16(22)21(11-15)10-14-7-5-4-6-8-14;/h4-8,13,15H,9-12,19H2,1-3H3,(H,20,23);1H. The summed E-state index contributed by atoms with van der Waals surface area (Å²) in [5.74, 6) is -0.103. The molecule has 2 unspecified atom stereocenters. The zero-order valence-corrected chi connectivity index (χ0v) is 15.4. The molecule has 2 amide bonds. The van der Waals surface area contributed by atoms with E-state index in [1.165, 1.54) is 0 Å². The van der Waals surface area contributed by atoms with Crippen molar-refractivity contribution in [1.82, 2.24) is 10.2 Å². The number of halogens is 1. The number of nitrogens with two attached hydrogens (primary N) is 1. The van der Waals surface area contributed by atoms with Gasteiger partial charge in [0.1, 0.15) is 0 Å². The highest BCUT2D eigenvalue weighted by Crippen LogP contribution is 2.22. The van der Waals surface area contributed by atoms with Gasteiger partial charge < -0.3 is 16.0 Å². The monoisotopic (exact) mass is 353 g/mol.